The third kappa shape index (κ3) is 11.1. The minimum Gasteiger partial charge on any atom is -0.508 e. The van der Waals surface area contributed by atoms with Gasteiger partial charge in [-0.05, 0) is 110 Å². The largest absolute Gasteiger partial charge is 0.508 e. The van der Waals surface area contributed by atoms with Crippen molar-refractivity contribution in [2.24, 2.45) is 0 Å². The highest BCUT2D eigenvalue weighted by Crippen LogP contribution is 2.38. The fourth-order valence-corrected chi connectivity index (χ4v) is 5.67. The fourth-order valence-electron chi connectivity index (χ4n) is 5.67. The second-order valence-electron chi connectivity index (χ2n) is 13.1. The summed E-state index contributed by atoms with van der Waals surface area (Å²) in [7, 11) is 2.53. The number of phenolic OH excluding ortho intramolecular Hbond substituents is 1. The molecule has 5 rings (SSSR count). The van der Waals surface area contributed by atoms with E-state index in [1.54, 1.807) is 25.1 Å². The number of hydrogen-bond acceptors (Lipinski definition) is 11. The smallest absolute Gasteiger partial charge is 0.339 e. The lowest BCUT2D eigenvalue weighted by Crippen LogP contribution is -2.43. The number of benzene rings is 5. The van der Waals surface area contributed by atoms with E-state index in [-0.39, 0.29) is 63.3 Å². The summed E-state index contributed by atoms with van der Waals surface area (Å²) in [4.78, 5) is 76.4. The summed E-state index contributed by atoms with van der Waals surface area (Å²) in [6.07, 6.45) is 1.30. The number of rotatable bonds is 15. The second kappa shape index (κ2) is 19.7. The van der Waals surface area contributed by atoms with E-state index in [0.29, 0.717) is 11.3 Å². The van der Waals surface area contributed by atoms with Crippen LogP contribution in [-0.4, -0.2) is 71.1 Å². The van der Waals surface area contributed by atoms with Gasteiger partial charge in [0.25, 0.3) is 23.6 Å². The van der Waals surface area contributed by atoms with Crippen LogP contribution in [0.4, 0.5) is 22.7 Å². The average molecular weight is 827 g/mol. The number of carboxylic acid groups (broad SMARTS) is 1. The van der Waals surface area contributed by atoms with Gasteiger partial charge < -0.3 is 51.4 Å². The first-order valence-electron chi connectivity index (χ1n) is 18.1. The molecule has 0 aliphatic rings. The Balaban J connectivity index is 1.16. The molecule has 8 N–H and O–H groups in total. The number of nitriles is 1. The summed E-state index contributed by atoms with van der Waals surface area (Å²) in [6.45, 7) is 1.63. The van der Waals surface area contributed by atoms with Crippen molar-refractivity contribution in [3.8, 4) is 29.1 Å². The number of aromatic carboxylic acids is 1. The molecule has 1 unspecified atom stereocenters. The van der Waals surface area contributed by atoms with E-state index < -0.39 is 47.0 Å². The summed E-state index contributed by atoms with van der Waals surface area (Å²) in [5, 5.41) is 51.5. The highest BCUT2D eigenvalue weighted by atomic mass is 16.5. The third-order valence-electron chi connectivity index (χ3n) is 8.90. The van der Waals surface area contributed by atoms with E-state index in [4.69, 9.17) is 9.47 Å². The quantitative estimate of drug-likeness (QED) is 0.0564. The van der Waals surface area contributed by atoms with Gasteiger partial charge in [-0.2, -0.15) is 5.26 Å². The molecule has 0 fully saturated rings. The number of anilines is 4. The van der Waals surface area contributed by atoms with Crippen molar-refractivity contribution in [2.75, 3.05) is 35.5 Å². The van der Waals surface area contributed by atoms with Crippen molar-refractivity contribution in [1.29, 1.82) is 5.26 Å². The number of amides is 5. The molecule has 5 amide bonds. The molecule has 17 heteroatoms. The van der Waals surface area contributed by atoms with Gasteiger partial charge in [-0.1, -0.05) is 12.1 Å². The molecule has 0 aliphatic heterocycles. The highest BCUT2D eigenvalue weighted by molar-refractivity contribution is 6.09. The van der Waals surface area contributed by atoms with Gasteiger partial charge in [0.1, 0.15) is 23.1 Å². The van der Waals surface area contributed by atoms with Crippen LogP contribution in [0.15, 0.2) is 109 Å². The first-order valence-corrected chi connectivity index (χ1v) is 18.1. The van der Waals surface area contributed by atoms with Crippen LogP contribution < -0.4 is 36.1 Å². The number of hydrogen-bond donors (Lipinski definition) is 8. The Morgan fingerprint density at radius 2 is 1.25 bits per heavy atom. The molecule has 310 valence electrons. The zero-order chi connectivity index (χ0) is 44.2. The second-order valence-corrected chi connectivity index (χ2v) is 13.1. The Morgan fingerprint density at radius 1 is 0.689 bits per heavy atom. The zero-order valence-electron chi connectivity index (χ0n) is 32.7. The van der Waals surface area contributed by atoms with Gasteiger partial charge in [-0.15, -0.1) is 0 Å². The highest BCUT2D eigenvalue weighted by Gasteiger charge is 2.23. The van der Waals surface area contributed by atoms with Crippen LogP contribution >= 0.6 is 0 Å². The Kier molecular flexibility index (Phi) is 14.0. The first kappa shape index (κ1) is 43.5. The molecule has 0 saturated heterocycles. The molecule has 1 atom stereocenters. The number of carboxylic acids is 1. The lowest BCUT2D eigenvalue weighted by molar-refractivity contribution is -0.118. The summed E-state index contributed by atoms with van der Waals surface area (Å²) < 4.78 is 10.5. The van der Waals surface area contributed by atoms with Crippen molar-refractivity contribution in [3.63, 3.8) is 0 Å². The standard InChI is InChI=1S/C44H38N6O11/c1-24(22-25-4-15-31(51)16-5-25)39(53)46-29-11-6-27(7-12-29)41(55)50-35(20-21-45)43(57)47-30-13-8-26(9-14-30)40(54)48-33-18-10-28(23-36(33)60-2)42(56)49-34-19-17-32(44(58)59)37(52)38(34)61-3/h4-19,22-23,35,51-52H,20H2,1-3H3,(H,46,53)(H,47,57)(H,48,54)(H,49,56)(H,50,55)(H,58,59)/b24-22+. The normalized spacial score (nSPS) is 11.2. The molecule has 0 aliphatic carbocycles. The topological polar surface area (TPSA) is 266 Å². The lowest BCUT2D eigenvalue weighted by Gasteiger charge is -2.16. The first-order chi connectivity index (χ1) is 29.2. The third-order valence-corrected chi connectivity index (χ3v) is 8.90. The van der Waals surface area contributed by atoms with Gasteiger partial charge >= 0.3 is 5.97 Å². The predicted octanol–water partition coefficient (Wildman–Crippen LogP) is 6.01. The van der Waals surface area contributed by atoms with Crippen molar-refractivity contribution in [1.82, 2.24) is 5.32 Å². The number of nitrogens with one attached hydrogen (secondary N) is 5. The van der Waals surface area contributed by atoms with Gasteiger partial charge in [0.15, 0.2) is 11.5 Å². The van der Waals surface area contributed by atoms with Gasteiger partial charge in [0.05, 0.1) is 38.1 Å². The van der Waals surface area contributed by atoms with E-state index in [9.17, 15) is 49.3 Å². The van der Waals surface area contributed by atoms with E-state index in [1.165, 1.54) is 99.1 Å². The van der Waals surface area contributed by atoms with E-state index in [2.05, 4.69) is 26.6 Å². The molecule has 0 heterocycles. The Morgan fingerprint density at radius 3 is 1.84 bits per heavy atom. The Bertz CT molecular complexity index is 2570. The number of aromatic hydroxyl groups is 2. The molecule has 0 radical (unpaired) electrons. The maximum absolute atomic E-state index is 13.2. The lowest BCUT2D eigenvalue weighted by atomic mass is 10.1. The summed E-state index contributed by atoms with van der Waals surface area (Å²) in [5.41, 5.74) is 2.06. The van der Waals surface area contributed by atoms with Crippen molar-refractivity contribution in [3.05, 3.63) is 137 Å². The minimum absolute atomic E-state index is 0.00983. The van der Waals surface area contributed by atoms with Gasteiger partial charge in [-0.25, -0.2) is 4.79 Å². The van der Waals surface area contributed by atoms with Crippen LogP contribution in [0.3, 0.4) is 0 Å². The zero-order valence-corrected chi connectivity index (χ0v) is 32.7. The van der Waals surface area contributed by atoms with Gasteiger partial charge in [0, 0.05) is 33.6 Å². The van der Waals surface area contributed by atoms with Crippen LogP contribution in [0, 0.1) is 11.3 Å². The molecule has 0 saturated carbocycles. The predicted molar refractivity (Wildman–Crippen MR) is 224 cm³/mol. The van der Waals surface area contributed by atoms with Crippen LogP contribution in [0.5, 0.6) is 23.0 Å². The number of phenols is 2. The molecule has 0 bridgehead atoms. The summed E-state index contributed by atoms with van der Waals surface area (Å²) in [6, 6.07) is 25.2. The van der Waals surface area contributed by atoms with Crippen LogP contribution in [-0.2, 0) is 9.59 Å². The Labute approximate surface area is 348 Å². The number of ether oxygens (including phenoxy) is 2. The SMILES string of the molecule is COc1cc(C(=O)Nc2ccc(C(=O)O)c(O)c2OC)ccc1NC(=O)c1ccc(NC(=O)C(CC#N)NC(=O)c2ccc(NC(=O)/C(C)=C/c3ccc(O)cc3)cc2)cc1. The van der Waals surface area contributed by atoms with Crippen LogP contribution in [0.25, 0.3) is 6.08 Å². The summed E-state index contributed by atoms with van der Waals surface area (Å²) in [5.74, 6) is -4.99. The molecular formula is C44H38N6O11. The number of carbonyl (C=O) groups is 6. The van der Waals surface area contributed by atoms with E-state index in [0.717, 1.165) is 11.6 Å². The number of methoxy groups -OCH3 is 2. The van der Waals surface area contributed by atoms with E-state index in [1.807, 2.05) is 6.07 Å². The van der Waals surface area contributed by atoms with E-state index >= 15 is 0 Å². The maximum Gasteiger partial charge on any atom is 0.339 e. The molecule has 5 aromatic carbocycles. The maximum atomic E-state index is 13.2. The minimum atomic E-state index is -1.39. The molecule has 0 spiro atoms. The monoisotopic (exact) mass is 826 g/mol. The molecular weight excluding hydrogens is 789 g/mol. The van der Waals surface area contributed by atoms with Gasteiger partial charge in [0.2, 0.25) is 5.91 Å². The van der Waals surface area contributed by atoms with Crippen LogP contribution in [0.2, 0.25) is 0 Å². The summed E-state index contributed by atoms with van der Waals surface area (Å²) >= 11 is 0. The van der Waals surface area contributed by atoms with Crippen molar-refractivity contribution < 1.29 is 53.6 Å². The molecule has 61 heavy (non-hydrogen) atoms. The molecule has 17 nitrogen and oxygen atoms in total. The molecule has 0 aromatic heterocycles. The van der Waals surface area contributed by atoms with Gasteiger partial charge in [-0.3, -0.25) is 24.0 Å². The fraction of sp³-hybridized carbons (Fsp3) is 0.114. The number of nitrogens with zero attached hydrogens (tertiary/aromatic N) is 1. The van der Waals surface area contributed by atoms with Crippen molar-refractivity contribution in [2.45, 2.75) is 19.4 Å². The van der Waals surface area contributed by atoms with Crippen LogP contribution in [0.1, 0.15) is 60.3 Å². The Hall–Kier alpha value is -8.65. The number of carbonyl (C=O) groups excluding carboxylic acids is 5. The molecule has 5 aromatic rings. The van der Waals surface area contributed by atoms with Crippen molar-refractivity contribution >= 4 is 64.3 Å². The average Bonchev–Trinajstić information content (AvgIpc) is 3.24.